The van der Waals surface area contributed by atoms with E-state index >= 15 is 0 Å². The fourth-order valence-electron chi connectivity index (χ4n) is 2.81. The van der Waals surface area contributed by atoms with Gasteiger partial charge in [0, 0.05) is 11.1 Å². The molecule has 0 unspecified atom stereocenters. The molecule has 0 spiro atoms. The van der Waals surface area contributed by atoms with Crippen LogP contribution in [0, 0.1) is 0 Å². The predicted molar refractivity (Wildman–Crippen MR) is 106 cm³/mol. The lowest BCUT2D eigenvalue weighted by molar-refractivity contribution is -0.146. The zero-order chi connectivity index (χ0) is 21.0. The van der Waals surface area contributed by atoms with Crippen LogP contribution in [-0.2, 0) is 19.6 Å². The van der Waals surface area contributed by atoms with Crippen LogP contribution in [0.25, 0.3) is 0 Å². The van der Waals surface area contributed by atoms with Crippen molar-refractivity contribution in [2.24, 2.45) is 4.99 Å². The molecule has 1 N–H and O–H groups in total. The molecule has 29 heavy (non-hydrogen) atoms. The maximum Gasteiger partial charge on any atom is 0.308 e. The van der Waals surface area contributed by atoms with Crippen molar-refractivity contribution < 1.29 is 27.5 Å². The van der Waals surface area contributed by atoms with Crippen LogP contribution in [0.2, 0.25) is 0 Å². The van der Waals surface area contributed by atoms with Crippen LogP contribution >= 0.6 is 0 Å². The van der Waals surface area contributed by atoms with E-state index in [2.05, 4.69) is 9.71 Å². The minimum Gasteiger partial charge on any atom is -0.497 e. The summed E-state index contributed by atoms with van der Waals surface area (Å²) in [5.41, 5.74) is 0.868. The van der Waals surface area contributed by atoms with Gasteiger partial charge in [0.15, 0.2) is 6.10 Å². The van der Waals surface area contributed by atoms with E-state index in [0.717, 1.165) is 0 Å². The van der Waals surface area contributed by atoms with Gasteiger partial charge in [-0.05, 0) is 43.3 Å². The van der Waals surface area contributed by atoms with E-state index in [1.807, 2.05) is 0 Å². The second-order valence-corrected chi connectivity index (χ2v) is 7.96. The van der Waals surface area contributed by atoms with Crippen LogP contribution in [0.1, 0.15) is 29.3 Å². The average molecular weight is 416 g/mol. The molecule has 0 fully saturated rings. The largest absolute Gasteiger partial charge is 0.497 e. The standard InChI is InChI=1S/C20H20N2O6S/c1-13(19(24)14-7-9-15(27-2)10-8-14)28-18(23)11-12-21-20-16-5-3-4-6-17(16)29(25,26)22-20/h3-10,13H,11-12H2,1-2H3,(H,21,22)/t13-/m0/s1. The first kappa shape index (κ1) is 20.5. The SMILES string of the molecule is COc1ccc(C(=O)[C@H](C)OC(=O)CCN=C2NS(=O)(=O)c3ccccc32)cc1. The van der Waals surface area contributed by atoms with E-state index in [9.17, 15) is 18.0 Å². The lowest BCUT2D eigenvalue weighted by atomic mass is 10.1. The van der Waals surface area contributed by atoms with E-state index in [1.54, 1.807) is 42.5 Å². The molecule has 2 aromatic rings. The van der Waals surface area contributed by atoms with Crippen LogP contribution in [-0.4, -0.2) is 45.8 Å². The van der Waals surface area contributed by atoms with Crippen LogP contribution in [0.4, 0.5) is 0 Å². The fourth-order valence-corrected chi connectivity index (χ4v) is 4.06. The summed E-state index contributed by atoms with van der Waals surface area (Å²) in [4.78, 5) is 28.7. The number of carbonyl (C=O) groups is 2. The zero-order valence-electron chi connectivity index (χ0n) is 15.9. The van der Waals surface area contributed by atoms with Crippen LogP contribution in [0.15, 0.2) is 58.4 Å². The number of hydrogen-bond donors (Lipinski definition) is 1. The number of hydrogen-bond acceptors (Lipinski definition) is 7. The monoisotopic (exact) mass is 416 g/mol. The molecule has 0 radical (unpaired) electrons. The molecular weight excluding hydrogens is 396 g/mol. The first-order valence-corrected chi connectivity index (χ1v) is 10.3. The quantitative estimate of drug-likeness (QED) is 0.545. The molecule has 0 amide bonds. The molecular formula is C20H20N2O6S. The van der Waals surface area contributed by atoms with Crippen LogP contribution in [0.5, 0.6) is 5.75 Å². The van der Waals surface area contributed by atoms with Gasteiger partial charge >= 0.3 is 5.97 Å². The number of Topliss-reactive ketones (excluding diaryl/α,β-unsaturated/α-hetero) is 1. The van der Waals surface area contributed by atoms with Crippen LogP contribution in [0.3, 0.4) is 0 Å². The molecule has 9 heteroatoms. The maximum absolute atomic E-state index is 12.3. The zero-order valence-corrected chi connectivity index (χ0v) is 16.7. The topological polar surface area (TPSA) is 111 Å². The number of sulfonamides is 1. The smallest absolute Gasteiger partial charge is 0.308 e. The number of benzene rings is 2. The highest BCUT2D eigenvalue weighted by Crippen LogP contribution is 2.22. The third-order valence-corrected chi connectivity index (χ3v) is 5.70. The highest BCUT2D eigenvalue weighted by atomic mass is 32.2. The summed E-state index contributed by atoms with van der Waals surface area (Å²) >= 11 is 0. The van der Waals surface area contributed by atoms with E-state index in [-0.39, 0.29) is 29.5 Å². The van der Waals surface area contributed by atoms with Gasteiger partial charge in [-0.25, -0.2) is 8.42 Å². The molecule has 0 bridgehead atoms. The highest BCUT2D eigenvalue weighted by molar-refractivity contribution is 7.90. The second kappa shape index (κ2) is 8.44. The van der Waals surface area contributed by atoms with Crippen molar-refractivity contribution in [1.82, 2.24) is 4.72 Å². The Morgan fingerprint density at radius 1 is 1.10 bits per heavy atom. The Morgan fingerprint density at radius 2 is 1.79 bits per heavy atom. The maximum atomic E-state index is 12.3. The van der Waals surface area contributed by atoms with E-state index in [4.69, 9.17) is 9.47 Å². The molecule has 1 heterocycles. The highest BCUT2D eigenvalue weighted by Gasteiger charge is 2.30. The first-order chi connectivity index (χ1) is 13.8. The number of ether oxygens (including phenoxy) is 2. The molecule has 152 valence electrons. The molecule has 3 rings (SSSR count). The van der Waals surface area contributed by atoms with Crippen molar-refractivity contribution in [2.75, 3.05) is 13.7 Å². The fraction of sp³-hybridized carbons (Fsp3) is 0.250. The number of ketones is 1. The number of carbonyl (C=O) groups excluding carboxylic acids is 2. The summed E-state index contributed by atoms with van der Waals surface area (Å²) in [6.07, 6.45) is -1.04. The number of esters is 1. The number of nitrogens with zero attached hydrogens (tertiary/aromatic N) is 1. The van der Waals surface area contributed by atoms with Crippen molar-refractivity contribution in [2.45, 2.75) is 24.3 Å². The number of nitrogens with one attached hydrogen (secondary N) is 1. The molecule has 1 aliphatic rings. The van der Waals surface area contributed by atoms with Crippen molar-refractivity contribution in [3.05, 3.63) is 59.7 Å². The van der Waals surface area contributed by atoms with Gasteiger partial charge < -0.3 is 9.47 Å². The third kappa shape index (κ3) is 4.62. The summed E-state index contributed by atoms with van der Waals surface area (Å²) in [6.45, 7) is 1.52. The number of rotatable bonds is 7. The van der Waals surface area contributed by atoms with E-state index < -0.39 is 22.1 Å². The molecule has 0 aliphatic carbocycles. The van der Waals surface area contributed by atoms with E-state index in [1.165, 1.54) is 20.1 Å². The summed E-state index contributed by atoms with van der Waals surface area (Å²) in [5, 5.41) is 0. The van der Waals surface area contributed by atoms with Crippen molar-refractivity contribution in [3.8, 4) is 5.75 Å². The summed E-state index contributed by atoms with van der Waals surface area (Å²) in [5.74, 6) is -0.118. The van der Waals surface area contributed by atoms with Gasteiger partial charge in [-0.3, -0.25) is 19.3 Å². The van der Waals surface area contributed by atoms with Gasteiger partial charge in [-0.1, -0.05) is 12.1 Å². The number of fused-ring (bicyclic) bond motifs is 1. The summed E-state index contributed by atoms with van der Waals surface area (Å²) in [6, 6.07) is 13.0. The first-order valence-electron chi connectivity index (χ1n) is 8.86. The predicted octanol–water partition coefficient (Wildman–Crippen LogP) is 1.94. The molecule has 8 nitrogen and oxygen atoms in total. The number of methoxy groups -OCH3 is 1. The molecule has 0 saturated heterocycles. The van der Waals surface area contributed by atoms with Crippen molar-refractivity contribution in [3.63, 3.8) is 0 Å². The lowest BCUT2D eigenvalue weighted by Gasteiger charge is -2.12. The average Bonchev–Trinajstić information content (AvgIpc) is 2.98. The molecule has 1 atom stereocenters. The normalized spacial score (nSPS) is 16.6. The second-order valence-electron chi connectivity index (χ2n) is 6.31. The van der Waals surface area contributed by atoms with Crippen LogP contribution < -0.4 is 9.46 Å². The van der Waals surface area contributed by atoms with Crippen molar-refractivity contribution >= 4 is 27.6 Å². The Morgan fingerprint density at radius 3 is 2.48 bits per heavy atom. The molecule has 2 aromatic carbocycles. The molecule has 1 aliphatic heterocycles. The Kier molecular flexibility index (Phi) is 5.97. The number of aliphatic imine (C=N–C) groups is 1. The number of amidine groups is 1. The van der Waals surface area contributed by atoms with E-state index in [0.29, 0.717) is 16.9 Å². The summed E-state index contributed by atoms with van der Waals surface area (Å²) in [7, 11) is -2.09. The van der Waals surface area contributed by atoms with Gasteiger partial charge in [-0.15, -0.1) is 0 Å². The Bertz CT molecular complexity index is 1060. The minimum absolute atomic E-state index is 0.0223. The third-order valence-electron chi connectivity index (χ3n) is 4.30. The Hall–Kier alpha value is -3.20. The summed E-state index contributed by atoms with van der Waals surface area (Å²) < 4.78 is 36.6. The Balaban J connectivity index is 1.56. The van der Waals surface area contributed by atoms with Crippen molar-refractivity contribution in [1.29, 1.82) is 0 Å². The molecule has 0 aromatic heterocycles. The van der Waals surface area contributed by atoms with Gasteiger partial charge in [0.1, 0.15) is 11.6 Å². The van der Waals surface area contributed by atoms with Gasteiger partial charge in [0.2, 0.25) is 5.78 Å². The van der Waals surface area contributed by atoms with Gasteiger partial charge in [0.05, 0.1) is 25.0 Å². The van der Waals surface area contributed by atoms with Gasteiger partial charge in [0.25, 0.3) is 10.0 Å². The van der Waals surface area contributed by atoms with Gasteiger partial charge in [-0.2, -0.15) is 0 Å². The Labute approximate surface area is 168 Å². The molecule has 0 saturated carbocycles. The lowest BCUT2D eigenvalue weighted by Crippen LogP contribution is -2.25. The minimum atomic E-state index is -3.62.